The molecule has 1 heterocycles. The SMILES string of the molecule is CC(C)(C)c1ccccc1OC1CN(C(=O)c2ccc(CCC(=O)O)cc2)C1. The maximum Gasteiger partial charge on any atom is 0.303 e. The number of benzene rings is 2. The van der Waals surface area contributed by atoms with Crippen LogP contribution in [0.3, 0.4) is 0 Å². The first-order chi connectivity index (χ1) is 13.2. The van der Waals surface area contributed by atoms with E-state index in [1.165, 1.54) is 0 Å². The molecule has 0 unspecified atom stereocenters. The average molecular weight is 381 g/mol. The fourth-order valence-corrected chi connectivity index (χ4v) is 3.29. The highest BCUT2D eigenvalue weighted by Gasteiger charge is 2.33. The summed E-state index contributed by atoms with van der Waals surface area (Å²) in [5.41, 5.74) is 2.70. The molecule has 1 N–H and O–H groups in total. The Hall–Kier alpha value is -2.82. The first kappa shape index (κ1) is 19.9. The number of para-hydroxylation sites is 1. The fraction of sp³-hybridized carbons (Fsp3) is 0.391. The van der Waals surface area contributed by atoms with Gasteiger partial charge in [0.05, 0.1) is 13.1 Å². The van der Waals surface area contributed by atoms with E-state index in [1.54, 1.807) is 17.0 Å². The number of rotatable bonds is 6. The number of ether oxygens (including phenoxy) is 1. The second-order valence-electron chi connectivity index (χ2n) is 8.29. The van der Waals surface area contributed by atoms with Crippen LogP contribution in [0.5, 0.6) is 5.75 Å². The van der Waals surface area contributed by atoms with Crippen LogP contribution in [0.2, 0.25) is 0 Å². The van der Waals surface area contributed by atoms with Crippen LogP contribution < -0.4 is 4.74 Å². The van der Waals surface area contributed by atoms with Gasteiger partial charge >= 0.3 is 5.97 Å². The minimum Gasteiger partial charge on any atom is -0.486 e. The number of carbonyl (C=O) groups is 2. The molecule has 3 rings (SSSR count). The van der Waals surface area contributed by atoms with Crippen LogP contribution in [0.1, 0.15) is 48.7 Å². The summed E-state index contributed by atoms with van der Waals surface area (Å²) in [5, 5.41) is 8.75. The van der Waals surface area contributed by atoms with Gasteiger partial charge in [-0.15, -0.1) is 0 Å². The Balaban J connectivity index is 1.55. The van der Waals surface area contributed by atoms with E-state index in [0.29, 0.717) is 25.1 Å². The van der Waals surface area contributed by atoms with Gasteiger partial charge in [-0.2, -0.15) is 0 Å². The van der Waals surface area contributed by atoms with Crippen LogP contribution in [0.25, 0.3) is 0 Å². The Labute approximate surface area is 165 Å². The summed E-state index contributed by atoms with van der Waals surface area (Å²) >= 11 is 0. The van der Waals surface area contributed by atoms with Crippen molar-refractivity contribution in [3.8, 4) is 5.75 Å². The lowest BCUT2D eigenvalue weighted by atomic mass is 9.86. The summed E-state index contributed by atoms with van der Waals surface area (Å²) < 4.78 is 6.15. The molecule has 0 aromatic heterocycles. The predicted octanol–water partition coefficient (Wildman–Crippen LogP) is 3.90. The van der Waals surface area contributed by atoms with Gasteiger partial charge in [0, 0.05) is 12.0 Å². The number of carboxylic acids is 1. The summed E-state index contributed by atoms with van der Waals surface area (Å²) in [5.74, 6) is 0.0448. The van der Waals surface area contributed by atoms with Crippen LogP contribution in [-0.4, -0.2) is 41.1 Å². The maximum absolute atomic E-state index is 12.6. The van der Waals surface area contributed by atoms with E-state index in [1.807, 2.05) is 30.3 Å². The zero-order valence-corrected chi connectivity index (χ0v) is 16.6. The lowest BCUT2D eigenvalue weighted by molar-refractivity contribution is -0.136. The standard InChI is InChI=1S/C23H27NO4/c1-23(2,3)19-6-4-5-7-20(19)28-18-14-24(15-18)22(27)17-11-8-16(9-12-17)10-13-21(25)26/h4-9,11-12,18H,10,13-15H2,1-3H3,(H,25,26). The normalized spacial score (nSPS) is 14.5. The predicted molar refractivity (Wildman–Crippen MR) is 108 cm³/mol. The number of likely N-dealkylation sites (tertiary alicyclic amines) is 1. The van der Waals surface area contributed by atoms with E-state index in [4.69, 9.17) is 9.84 Å². The van der Waals surface area contributed by atoms with Gasteiger partial charge in [-0.3, -0.25) is 9.59 Å². The second kappa shape index (κ2) is 8.05. The van der Waals surface area contributed by atoms with E-state index >= 15 is 0 Å². The van der Waals surface area contributed by atoms with Gasteiger partial charge in [-0.1, -0.05) is 51.1 Å². The van der Waals surface area contributed by atoms with Gasteiger partial charge in [-0.05, 0) is 41.2 Å². The molecule has 0 atom stereocenters. The van der Waals surface area contributed by atoms with Crippen LogP contribution in [-0.2, 0) is 16.6 Å². The topological polar surface area (TPSA) is 66.8 Å². The smallest absolute Gasteiger partial charge is 0.303 e. The molecular formula is C23H27NO4. The fourth-order valence-electron chi connectivity index (χ4n) is 3.29. The molecule has 5 nitrogen and oxygen atoms in total. The third kappa shape index (κ3) is 4.71. The molecule has 2 aromatic rings. The highest BCUT2D eigenvalue weighted by Crippen LogP contribution is 2.32. The highest BCUT2D eigenvalue weighted by molar-refractivity contribution is 5.94. The van der Waals surface area contributed by atoms with Crippen molar-refractivity contribution in [2.75, 3.05) is 13.1 Å². The molecule has 1 amide bonds. The highest BCUT2D eigenvalue weighted by atomic mass is 16.5. The van der Waals surface area contributed by atoms with Crippen molar-refractivity contribution in [1.82, 2.24) is 4.90 Å². The van der Waals surface area contributed by atoms with Gasteiger partial charge in [0.15, 0.2) is 0 Å². The molecule has 1 aliphatic heterocycles. The van der Waals surface area contributed by atoms with E-state index in [2.05, 4.69) is 26.8 Å². The summed E-state index contributed by atoms with van der Waals surface area (Å²) in [6.07, 6.45) is 0.563. The second-order valence-corrected chi connectivity index (χ2v) is 8.29. The molecule has 1 fully saturated rings. The molecule has 0 saturated carbocycles. The molecule has 0 bridgehead atoms. The largest absolute Gasteiger partial charge is 0.486 e. The Morgan fingerprint density at radius 3 is 2.32 bits per heavy atom. The van der Waals surface area contributed by atoms with Gasteiger partial charge in [0.1, 0.15) is 11.9 Å². The summed E-state index contributed by atoms with van der Waals surface area (Å²) in [4.78, 5) is 25.0. The average Bonchev–Trinajstić information content (AvgIpc) is 2.62. The molecule has 148 valence electrons. The number of nitrogens with zero attached hydrogens (tertiary/aromatic N) is 1. The van der Waals surface area contributed by atoms with E-state index in [9.17, 15) is 9.59 Å². The lowest BCUT2D eigenvalue weighted by Gasteiger charge is -2.40. The first-order valence-electron chi connectivity index (χ1n) is 9.60. The number of amides is 1. The molecule has 0 aliphatic carbocycles. The van der Waals surface area contributed by atoms with E-state index in [-0.39, 0.29) is 23.8 Å². The van der Waals surface area contributed by atoms with Gasteiger partial charge in [0.2, 0.25) is 0 Å². The number of aryl methyl sites for hydroxylation is 1. The number of hydrogen-bond donors (Lipinski definition) is 1. The zero-order chi connectivity index (χ0) is 20.3. The Morgan fingerprint density at radius 2 is 1.71 bits per heavy atom. The first-order valence-corrected chi connectivity index (χ1v) is 9.60. The van der Waals surface area contributed by atoms with Crippen LogP contribution in [0, 0.1) is 0 Å². The van der Waals surface area contributed by atoms with Gasteiger partial charge in [-0.25, -0.2) is 0 Å². The third-order valence-electron chi connectivity index (χ3n) is 4.95. The molecule has 2 aromatic carbocycles. The molecule has 1 aliphatic rings. The Morgan fingerprint density at radius 1 is 1.07 bits per heavy atom. The van der Waals surface area contributed by atoms with Crippen molar-refractivity contribution >= 4 is 11.9 Å². The number of hydrogen-bond acceptors (Lipinski definition) is 3. The monoisotopic (exact) mass is 381 g/mol. The van der Waals surface area contributed by atoms with Crippen molar-refractivity contribution in [2.24, 2.45) is 0 Å². The Kier molecular flexibility index (Phi) is 5.73. The van der Waals surface area contributed by atoms with Crippen molar-refractivity contribution in [1.29, 1.82) is 0 Å². The van der Waals surface area contributed by atoms with Crippen LogP contribution >= 0.6 is 0 Å². The van der Waals surface area contributed by atoms with Crippen molar-refractivity contribution < 1.29 is 19.4 Å². The van der Waals surface area contributed by atoms with Gasteiger partial charge < -0.3 is 14.7 Å². The number of carboxylic acid groups (broad SMARTS) is 1. The number of aliphatic carboxylic acids is 1. The molecule has 5 heteroatoms. The van der Waals surface area contributed by atoms with Gasteiger partial charge in [0.25, 0.3) is 5.91 Å². The van der Waals surface area contributed by atoms with Crippen LogP contribution in [0.4, 0.5) is 0 Å². The summed E-state index contributed by atoms with van der Waals surface area (Å²) in [6.45, 7) is 7.61. The number of carbonyl (C=O) groups excluding carboxylic acids is 1. The lowest BCUT2D eigenvalue weighted by Crippen LogP contribution is -2.56. The van der Waals surface area contributed by atoms with E-state index in [0.717, 1.165) is 16.9 Å². The van der Waals surface area contributed by atoms with Crippen LogP contribution in [0.15, 0.2) is 48.5 Å². The van der Waals surface area contributed by atoms with Crippen molar-refractivity contribution in [3.05, 3.63) is 65.2 Å². The third-order valence-corrected chi connectivity index (χ3v) is 4.95. The molecule has 0 radical (unpaired) electrons. The van der Waals surface area contributed by atoms with Crippen molar-refractivity contribution in [2.45, 2.75) is 45.1 Å². The quantitative estimate of drug-likeness (QED) is 0.824. The van der Waals surface area contributed by atoms with Crippen molar-refractivity contribution in [3.63, 3.8) is 0 Å². The molecule has 0 spiro atoms. The zero-order valence-electron chi connectivity index (χ0n) is 16.6. The molecule has 1 saturated heterocycles. The summed E-state index contributed by atoms with van der Waals surface area (Å²) in [7, 11) is 0. The molecular weight excluding hydrogens is 354 g/mol. The molecule has 28 heavy (non-hydrogen) atoms. The minimum atomic E-state index is -0.820. The minimum absolute atomic E-state index is 0.00175. The van der Waals surface area contributed by atoms with E-state index < -0.39 is 5.97 Å². The summed E-state index contributed by atoms with van der Waals surface area (Å²) in [6, 6.07) is 15.2. The maximum atomic E-state index is 12.6. The Bertz CT molecular complexity index is 846.